The van der Waals surface area contributed by atoms with Crippen molar-refractivity contribution in [1.29, 1.82) is 0 Å². The number of carbonyl (C=O) groups is 1. The van der Waals surface area contributed by atoms with Gasteiger partial charge in [0.25, 0.3) is 0 Å². The van der Waals surface area contributed by atoms with Gasteiger partial charge in [-0.3, -0.25) is 4.79 Å². The van der Waals surface area contributed by atoms with E-state index in [0.29, 0.717) is 23.7 Å². The van der Waals surface area contributed by atoms with Crippen molar-refractivity contribution in [2.75, 3.05) is 17.7 Å². The van der Waals surface area contributed by atoms with E-state index in [2.05, 4.69) is 5.32 Å². The van der Waals surface area contributed by atoms with Gasteiger partial charge in [0.1, 0.15) is 5.75 Å². The predicted molar refractivity (Wildman–Crippen MR) is 94.7 cm³/mol. The SMILES string of the molecule is CCCOc1ccccc1NC(=O)C(C)(C)c1ccc(N)cc1. The number of nitrogens with one attached hydrogen (secondary N) is 1. The first kappa shape index (κ1) is 16.9. The van der Waals surface area contributed by atoms with E-state index < -0.39 is 5.41 Å². The van der Waals surface area contributed by atoms with Crippen molar-refractivity contribution < 1.29 is 9.53 Å². The monoisotopic (exact) mass is 312 g/mol. The first-order valence-electron chi connectivity index (χ1n) is 7.84. The molecule has 0 aromatic heterocycles. The summed E-state index contributed by atoms with van der Waals surface area (Å²) in [4.78, 5) is 12.7. The van der Waals surface area contributed by atoms with E-state index in [9.17, 15) is 4.79 Å². The summed E-state index contributed by atoms with van der Waals surface area (Å²) in [6.07, 6.45) is 0.916. The standard InChI is InChI=1S/C19H24N2O2/c1-4-13-23-17-8-6-5-7-16(17)21-18(22)19(2,3)14-9-11-15(20)12-10-14/h5-12H,4,13,20H2,1-3H3,(H,21,22). The fourth-order valence-corrected chi connectivity index (χ4v) is 2.22. The molecule has 0 aliphatic carbocycles. The topological polar surface area (TPSA) is 64.3 Å². The van der Waals surface area contributed by atoms with Gasteiger partial charge in [-0.2, -0.15) is 0 Å². The maximum absolute atomic E-state index is 12.7. The molecule has 0 aliphatic heterocycles. The number of rotatable bonds is 6. The van der Waals surface area contributed by atoms with Crippen LogP contribution in [0.3, 0.4) is 0 Å². The Balaban J connectivity index is 2.19. The quantitative estimate of drug-likeness (QED) is 0.793. The van der Waals surface area contributed by atoms with Crippen LogP contribution < -0.4 is 15.8 Å². The lowest BCUT2D eigenvalue weighted by atomic mass is 9.83. The number of para-hydroxylation sites is 2. The predicted octanol–water partition coefficient (Wildman–Crippen LogP) is 3.97. The molecule has 2 rings (SSSR count). The van der Waals surface area contributed by atoms with Gasteiger partial charge in [-0.05, 0) is 50.1 Å². The molecule has 2 aromatic carbocycles. The third-order valence-electron chi connectivity index (χ3n) is 3.80. The average Bonchev–Trinajstić information content (AvgIpc) is 2.54. The number of ether oxygens (including phenoxy) is 1. The van der Waals surface area contributed by atoms with Crippen molar-refractivity contribution in [2.24, 2.45) is 0 Å². The Morgan fingerprint density at radius 3 is 2.43 bits per heavy atom. The van der Waals surface area contributed by atoms with Crippen LogP contribution in [-0.2, 0) is 10.2 Å². The summed E-state index contributed by atoms with van der Waals surface area (Å²) in [5.74, 6) is 0.602. The Hall–Kier alpha value is -2.49. The summed E-state index contributed by atoms with van der Waals surface area (Å²) in [6.45, 7) is 6.45. The molecule has 0 bridgehead atoms. The van der Waals surface area contributed by atoms with Crippen LogP contribution in [0.4, 0.5) is 11.4 Å². The maximum atomic E-state index is 12.7. The fraction of sp³-hybridized carbons (Fsp3) is 0.316. The van der Waals surface area contributed by atoms with Crippen LogP contribution in [0.2, 0.25) is 0 Å². The number of hydrogen-bond donors (Lipinski definition) is 2. The average molecular weight is 312 g/mol. The second-order valence-electron chi connectivity index (χ2n) is 6.05. The molecule has 0 spiro atoms. The number of benzene rings is 2. The summed E-state index contributed by atoms with van der Waals surface area (Å²) >= 11 is 0. The van der Waals surface area contributed by atoms with Crippen LogP contribution in [0.15, 0.2) is 48.5 Å². The normalized spacial score (nSPS) is 11.1. The van der Waals surface area contributed by atoms with Crippen LogP contribution in [-0.4, -0.2) is 12.5 Å². The molecule has 4 heteroatoms. The van der Waals surface area contributed by atoms with Crippen molar-refractivity contribution >= 4 is 17.3 Å². The maximum Gasteiger partial charge on any atom is 0.234 e. The molecule has 0 heterocycles. The van der Waals surface area contributed by atoms with E-state index in [1.807, 2.05) is 69.3 Å². The minimum Gasteiger partial charge on any atom is -0.491 e. The zero-order chi connectivity index (χ0) is 16.9. The van der Waals surface area contributed by atoms with Crippen LogP contribution >= 0.6 is 0 Å². The number of nitrogens with two attached hydrogens (primary N) is 1. The summed E-state index contributed by atoms with van der Waals surface area (Å²) in [5, 5.41) is 2.98. The molecule has 4 nitrogen and oxygen atoms in total. The first-order chi connectivity index (χ1) is 10.9. The Morgan fingerprint density at radius 2 is 1.78 bits per heavy atom. The lowest BCUT2D eigenvalue weighted by Gasteiger charge is -2.25. The molecule has 0 unspecified atom stereocenters. The lowest BCUT2D eigenvalue weighted by molar-refractivity contribution is -0.120. The van der Waals surface area contributed by atoms with Crippen LogP contribution in [0, 0.1) is 0 Å². The van der Waals surface area contributed by atoms with Crippen LogP contribution in [0.25, 0.3) is 0 Å². The lowest BCUT2D eigenvalue weighted by Crippen LogP contribution is -2.34. The van der Waals surface area contributed by atoms with Gasteiger partial charge in [-0.25, -0.2) is 0 Å². The van der Waals surface area contributed by atoms with Gasteiger partial charge < -0.3 is 15.8 Å². The molecule has 0 aliphatic rings. The van der Waals surface area contributed by atoms with Crippen molar-refractivity contribution in [3.63, 3.8) is 0 Å². The molecule has 1 amide bonds. The molecule has 0 fully saturated rings. The summed E-state index contributed by atoms with van der Waals surface area (Å²) in [7, 11) is 0. The molecule has 0 atom stereocenters. The van der Waals surface area contributed by atoms with Gasteiger partial charge in [0, 0.05) is 5.69 Å². The largest absolute Gasteiger partial charge is 0.491 e. The van der Waals surface area contributed by atoms with Crippen molar-refractivity contribution in [3.05, 3.63) is 54.1 Å². The first-order valence-corrected chi connectivity index (χ1v) is 7.84. The van der Waals surface area contributed by atoms with Gasteiger partial charge in [-0.1, -0.05) is 31.2 Å². The molecule has 0 radical (unpaired) electrons. The molecule has 0 saturated carbocycles. The molecule has 122 valence electrons. The highest BCUT2D eigenvalue weighted by atomic mass is 16.5. The minimum atomic E-state index is -0.675. The highest BCUT2D eigenvalue weighted by Crippen LogP contribution is 2.29. The van der Waals surface area contributed by atoms with E-state index in [0.717, 1.165) is 12.0 Å². The molecule has 2 aromatic rings. The third-order valence-corrected chi connectivity index (χ3v) is 3.80. The van der Waals surface area contributed by atoms with E-state index >= 15 is 0 Å². The Kier molecular flexibility index (Phi) is 5.27. The number of carbonyl (C=O) groups excluding carboxylic acids is 1. The van der Waals surface area contributed by atoms with Gasteiger partial charge in [-0.15, -0.1) is 0 Å². The van der Waals surface area contributed by atoms with E-state index in [1.165, 1.54) is 0 Å². The van der Waals surface area contributed by atoms with Crippen molar-refractivity contribution in [1.82, 2.24) is 0 Å². The highest BCUT2D eigenvalue weighted by Gasteiger charge is 2.30. The smallest absolute Gasteiger partial charge is 0.234 e. The second-order valence-corrected chi connectivity index (χ2v) is 6.05. The summed E-state index contributed by atoms with van der Waals surface area (Å²) in [6, 6.07) is 14.9. The fourth-order valence-electron chi connectivity index (χ4n) is 2.22. The zero-order valence-electron chi connectivity index (χ0n) is 13.9. The second kappa shape index (κ2) is 7.18. The highest BCUT2D eigenvalue weighted by molar-refractivity contribution is 5.99. The van der Waals surface area contributed by atoms with E-state index in [1.54, 1.807) is 0 Å². The van der Waals surface area contributed by atoms with Crippen LogP contribution in [0.1, 0.15) is 32.8 Å². The van der Waals surface area contributed by atoms with Gasteiger partial charge in [0.05, 0.1) is 17.7 Å². The minimum absolute atomic E-state index is 0.0881. The molecule has 3 N–H and O–H groups in total. The molecule has 0 saturated heterocycles. The zero-order valence-corrected chi connectivity index (χ0v) is 13.9. The molecule has 23 heavy (non-hydrogen) atoms. The van der Waals surface area contributed by atoms with Gasteiger partial charge in [0.2, 0.25) is 5.91 Å². The Morgan fingerprint density at radius 1 is 1.13 bits per heavy atom. The van der Waals surface area contributed by atoms with E-state index in [4.69, 9.17) is 10.5 Å². The number of nitrogen functional groups attached to an aromatic ring is 1. The molecular weight excluding hydrogens is 288 g/mol. The van der Waals surface area contributed by atoms with E-state index in [-0.39, 0.29) is 5.91 Å². The molecular formula is C19H24N2O2. The van der Waals surface area contributed by atoms with Gasteiger partial charge >= 0.3 is 0 Å². The van der Waals surface area contributed by atoms with Crippen molar-refractivity contribution in [2.45, 2.75) is 32.6 Å². The Bertz CT molecular complexity index is 663. The number of amides is 1. The Labute approximate surface area is 137 Å². The number of hydrogen-bond acceptors (Lipinski definition) is 3. The third kappa shape index (κ3) is 4.03. The summed E-state index contributed by atoms with van der Waals surface area (Å²) < 4.78 is 5.69. The number of anilines is 2. The summed E-state index contributed by atoms with van der Waals surface area (Å²) in [5.41, 5.74) is 7.33. The van der Waals surface area contributed by atoms with Crippen molar-refractivity contribution in [3.8, 4) is 5.75 Å². The van der Waals surface area contributed by atoms with Gasteiger partial charge in [0.15, 0.2) is 0 Å². The van der Waals surface area contributed by atoms with Crippen LogP contribution in [0.5, 0.6) is 5.75 Å².